The van der Waals surface area contributed by atoms with Crippen molar-refractivity contribution in [3.05, 3.63) is 58.4 Å². The molecule has 0 N–H and O–H groups in total. The molecule has 74 valence electrons. The van der Waals surface area contributed by atoms with Crippen LogP contribution in [0.3, 0.4) is 0 Å². The fourth-order valence-electron chi connectivity index (χ4n) is 2.15. The van der Waals surface area contributed by atoms with E-state index in [4.69, 9.17) is 11.6 Å². The molecular formula is C13H8ClF. The van der Waals surface area contributed by atoms with Crippen LogP contribution in [0.25, 0.3) is 11.1 Å². The molecule has 0 aromatic heterocycles. The van der Waals surface area contributed by atoms with Gasteiger partial charge in [-0.2, -0.15) is 0 Å². The van der Waals surface area contributed by atoms with Crippen LogP contribution in [0, 0.1) is 5.82 Å². The van der Waals surface area contributed by atoms with E-state index in [1.54, 1.807) is 6.07 Å². The summed E-state index contributed by atoms with van der Waals surface area (Å²) in [6.07, 6.45) is 0.651. The fraction of sp³-hybridized carbons (Fsp3) is 0.0769. The first-order valence-corrected chi connectivity index (χ1v) is 5.20. The van der Waals surface area contributed by atoms with E-state index in [0.29, 0.717) is 6.42 Å². The molecule has 1 aliphatic carbocycles. The second-order valence-corrected chi connectivity index (χ2v) is 4.13. The Morgan fingerprint density at radius 2 is 1.80 bits per heavy atom. The second-order valence-electron chi connectivity index (χ2n) is 3.72. The Labute approximate surface area is 92.3 Å². The number of rotatable bonds is 0. The minimum Gasteiger partial charge on any atom is -0.205 e. The van der Waals surface area contributed by atoms with Crippen molar-refractivity contribution in [2.24, 2.45) is 0 Å². The molecule has 0 fully saturated rings. The summed E-state index contributed by atoms with van der Waals surface area (Å²) in [5.74, 6) is -0.273. The van der Waals surface area contributed by atoms with Gasteiger partial charge in [0.1, 0.15) is 5.82 Å². The zero-order valence-electron chi connectivity index (χ0n) is 7.93. The molecule has 0 spiro atoms. The van der Waals surface area contributed by atoms with E-state index in [0.717, 1.165) is 16.7 Å². The highest BCUT2D eigenvalue weighted by Gasteiger charge is 2.22. The number of halogens is 2. The lowest BCUT2D eigenvalue weighted by Crippen LogP contribution is -1.88. The molecule has 0 bridgehead atoms. The maximum absolute atomic E-state index is 13.7. The van der Waals surface area contributed by atoms with Gasteiger partial charge in [0.2, 0.25) is 0 Å². The Hall–Kier alpha value is -1.34. The lowest BCUT2D eigenvalue weighted by Gasteiger charge is -2.02. The van der Waals surface area contributed by atoms with Crippen molar-refractivity contribution < 1.29 is 4.39 Å². The largest absolute Gasteiger partial charge is 0.205 e. The Morgan fingerprint density at radius 1 is 1.00 bits per heavy atom. The van der Waals surface area contributed by atoms with Crippen LogP contribution >= 0.6 is 11.6 Å². The number of hydrogen-bond acceptors (Lipinski definition) is 0. The molecule has 0 aliphatic heterocycles. The van der Waals surface area contributed by atoms with Gasteiger partial charge >= 0.3 is 0 Å². The van der Waals surface area contributed by atoms with Crippen LogP contribution in [-0.4, -0.2) is 0 Å². The van der Waals surface area contributed by atoms with Crippen LogP contribution in [0.5, 0.6) is 0 Å². The summed E-state index contributed by atoms with van der Waals surface area (Å²) in [6, 6.07) is 11.5. The van der Waals surface area contributed by atoms with Crippen LogP contribution in [0.1, 0.15) is 11.1 Å². The molecule has 0 heterocycles. The number of fused-ring (bicyclic) bond motifs is 3. The number of benzene rings is 2. The predicted molar refractivity (Wildman–Crippen MR) is 59.7 cm³/mol. The van der Waals surface area contributed by atoms with Crippen molar-refractivity contribution in [3.63, 3.8) is 0 Å². The fourth-order valence-corrected chi connectivity index (χ4v) is 2.32. The topological polar surface area (TPSA) is 0 Å². The lowest BCUT2D eigenvalue weighted by molar-refractivity contribution is 0.617. The monoisotopic (exact) mass is 218 g/mol. The van der Waals surface area contributed by atoms with Gasteiger partial charge in [-0.1, -0.05) is 41.9 Å². The first-order valence-electron chi connectivity index (χ1n) is 4.82. The van der Waals surface area contributed by atoms with E-state index in [9.17, 15) is 4.39 Å². The Morgan fingerprint density at radius 3 is 2.67 bits per heavy atom. The van der Waals surface area contributed by atoms with E-state index in [1.165, 1.54) is 5.56 Å². The summed E-state index contributed by atoms with van der Waals surface area (Å²) < 4.78 is 13.7. The summed E-state index contributed by atoms with van der Waals surface area (Å²) in [4.78, 5) is 0. The summed E-state index contributed by atoms with van der Waals surface area (Å²) in [7, 11) is 0. The normalized spacial score (nSPS) is 12.4. The third-order valence-electron chi connectivity index (χ3n) is 2.87. The predicted octanol–water partition coefficient (Wildman–Crippen LogP) is 4.05. The van der Waals surface area contributed by atoms with Crippen LogP contribution in [-0.2, 0) is 6.42 Å². The van der Waals surface area contributed by atoms with Gasteiger partial charge in [0.15, 0.2) is 0 Å². The molecular weight excluding hydrogens is 211 g/mol. The zero-order chi connectivity index (χ0) is 10.4. The Bertz CT molecular complexity index is 546. The molecule has 0 amide bonds. The molecule has 0 saturated carbocycles. The van der Waals surface area contributed by atoms with Crippen LogP contribution in [0.2, 0.25) is 5.02 Å². The lowest BCUT2D eigenvalue weighted by atomic mass is 10.1. The molecule has 3 rings (SSSR count). The smallest absolute Gasteiger partial charge is 0.145 e. The zero-order valence-corrected chi connectivity index (χ0v) is 8.68. The van der Waals surface area contributed by atoms with Gasteiger partial charge in [0.05, 0.1) is 5.02 Å². The van der Waals surface area contributed by atoms with E-state index < -0.39 is 0 Å². The van der Waals surface area contributed by atoms with Crippen molar-refractivity contribution in [1.29, 1.82) is 0 Å². The third-order valence-corrected chi connectivity index (χ3v) is 3.16. The van der Waals surface area contributed by atoms with Crippen LogP contribution in [0.4, 0.5) is 4.39 Å². The van der Waals surface area contributed by atoms with Gasteiger partial charge in [0.25, 0.3) is 0 Å². The third kappa shape index (κ3) is 1.20. The second kappa shape index (κ2) is 3.07. The molecule has 2 heteroatoms. The van der Waals surface area contributed by atoms with Gasteiger partial charge in [-0.25, -0.2) is 4.39 Å². The summed E-state index contributed by atoms with van der Waals surface area (Å²) in [5, 5.41) is 0.210. The van der Waals surface area contributed by atoms with Crippen LogP contribution < -0.4 is 0 Å². The van der Waals surface area contributed by atoms with Gasteiger partial charge in [-0.3, -0.25) is 0 Å². The van der Waals surface area contributed by atoms with Gasteiger partial charge < -0.3 is 0 Å². The summed E-state index contributed by atoms with van der Waals surface area (Å²) in [6.45, 7) is 0. The van der Waals surface area contributed by atoms with Crippen molar-refractivity contribution >= 4 is 11.6 Å². The van der Waals surface area contributed by atoms with Gasteiger partial charge in [-0.05, 0) is 22.8 Å². The average molecular weight is 219 g/mol. The Kier molecular flexibility index (Phi) is 1.83. The quantitative estimate of drug-likeness (QED) is 0.534. The van der Waals surface area contributed by atoms with Gasteiger partial charge in [-0.15, -0.1) is 0 Å². The molecule has 0 nitrogen and oxygen atoms in total. The first-order chi connectivity index (χ1) is 7.27. The van der Waals surface area contributed by atoms with Crippen LogP contribution in [0.15, 0.2) is 36.4 Å². The molecule has 0 unspecified atom stereocenters. The van der Waals surface area contributed by atoms with Gasteiger partial charge in [0, 0.05) is 12.0 Å². The standard InChI is InChI=1S/C13H8ClF/c14-12-6-5-10-9-4-2-1-3-8(9)7-11(10)13(12)15/h1-6H,7H2. The van der Waals surface area contributed by atoms with E-state index in [1.807, 2.05) is 30.3 Å². The molecule has 2 aromatic carbocycles. The maximum atomic E-state index is 13.7. The number of hydrogen-bond donors (Lipinski definition) is 0. The van der Waals surface area contributed by atoms with E-state index in [2.05, 4.69) is 0 Å². The van der Waals surface area contributed by atoms with Crippen molar-refractivity contribution in [2.45, 2.75) is 6.42 Å². The summed E-state index contributed by atoms with van der Waals surface area (Å²) >= 11 is 5.76. The molecule has 15 heavy (non-hydrogen) atoms. The van der Waals surface area contributed by atoms with Crippen molar-refractivity contribution in [3.8, 4) is 11.1 Å². The minimum absolute atomic E-state index is 0.210. The average Bonchev–Trinajstić information content (AvgIpc) is 2.63. The Balaban J connectivity index is 2.31. The molecule has 0 saturated heterocycles. The SMILES string of the molecule is Fc1c(Cl)ccc2c1Cc1ccccc1-2. The molecule has 2 aromatic rings. The molecule has 0 radical (unpaired) electrons. The first kappa shape index (κ1) is 8.93. The van der Waals surface area contributed by atoms with Crippen molar-refractivity contribution in [1.82, 2.24) is 0 Å². The molecule has 0 atom stereocenters. The van der Waals surface area contributed by atoms with Crippen molar-refractivity contribution in [2.75, 3.05) is 0 Å². The highest BCUT2D eigenvalue weighted by atomic mass is 35.5. The van der Waals surface area contributed by atoms with E-state index in [-0.39, 0.29) is 10.8 Å². The highest BCUT2D eigenvalue weighted by molar-refractivity contribution is 6.31. The minimum atomic E-state index is -0.273. The maximum Gasteiger partial charge on any atom is 0.145 e. The molecule has 1 aliphatic rings. The summed E-state index contributed by atoms with van der Waals surface area (Å²) in [5.41, 5.74) is 4.01. The highest BCUT2D eigenvalue weighted by Crippen LogP contribution is 2.39. The van der Waals surface area contributed by atoms with E-state index >= 15 is 0 Å².